The van der Waals surface area contributed by atoms with E-state index in [2.05, 4.69) is 4.98 Å². The largest absolute Gasteiger partial charge is 0.505 e. The topological polar surface area (TPSA) is 96.4 Å². The highest BCUT2D eigenvalue weighted by Crippen LogP contribution is 2.17. The van der Waals surface area contributed by atoms with Crippen LogP contribution in [0.4, 0.5) is 0 Å². The summed E-state index contributed by atoms with van der Waals surface area (Å²) in [6.45, 7) is 0. The lowest BCUT2D eigenvalue weighted by Crippen LogP contribution is -2.32. The van der Waals surface area contributed by atoms with Crippen LogP contribution in [0.1, 0.15) is 5.69 Å². The van der Waals surface area contributed by atoms with Gasteiger partial charge in [0.15, 0.2) is 0 Å². The highest BCUT2D eigenvalue weighted by Gasteiger charge is 2.13. The quantitative estimate of drug-likeness (QED) is 0.553. The van der Waals surface area contributed by atoms with Crippen LogP contribution >= 0.6 is 22.6 Å². The first-order valence-corrected chi connectivity index (χ1v) is 4.91. The predicted molar refractivity (Wildman–Crippen MR) is 57.9 cm³/mol. The fraction of sp³-hybridized carbons (Fsp3) is 0.250. The number of carboxylic acids is 1. The van der Waals surface area contributed by atoms with Gasteiger partial charge >= 0.3 is 5.97 Å². The summed E-state index contributed by atoms with van der Waals surface area (Å²) in [7, 11) is 0. The first-order chi connectivity index (χ1) is 6.50. The standard InChI is InChI=1S/C8H9IN2O3/c9-7-6(12)2-1-4(11-7)3-5(10)8(13)14/h1-2,5,12H,3,10H2,(H,13,14). The van der Waals surface area contributed by atoms with Crippen LogP contribution in [0.2, 0.25) is 0 Å². The van der Waals surface area contributed by atoms with Gasteiger partial charge in [0.1, 0.15) is 15.5 Å². The van der Waals surface area contributed by atoms with Crippen LogP contribution in [0.15, 0.2) is 12.1 Å². The SMILES string of the molecule is NC(Cc1ccc(O)c(I)n1)C(=O)O. The third-order valence-corrected chi connectivity index (χ3v) is 2.43. The molecule has 0 bridgehead atoms. The number of carboxylic acid groups (broad SMARTS) is 1. The van der Waals surface area contributed by atoms with Crippen molar-refractivity contribution >= 4 is 28.6 Å². The van der Waals surface area contributed by atoms with Crippen molar-refractivity contribution < 1.29 is 15.0 Å². The monoisotopic (exact) mass is 308 g/mol. The molecule has 0 aliphatic rings. The summed E-state index contributed by atoms with van der Waals surface area (Å²) in [5.41, 5.74) is 5.89. The van der Waals surface area contributed by atoms with E-state index in [0.717, 1.165) is 0 Å². The van der Waals surface area contributed by atoms with E-state index in [1.54, 1.807) is 6.07 Å². The molecule has 1 atom stereocenters. The summed E-state index contributed by atoms with van der Waals surface area (Å²) in [4.78, 5) is 14.4. The lowest BCUT2D eigenvalue weighted by Gasteiger charge is -2.06. The average Bonchev–Trinajstić information content (AvgIpc) is 2.11. The molecule has 0 fully saturated rings. The number of hydrogen-bond acceptors (Lipinski definition) is 4. The van der Waals surface area contributed by atoms with Gasteiger partial charge in [0, 0.05) is 12.1 Å². The Labute approximate surface area is 94.1 Å². The van der Waals surface area contributed by atoms with Crippen LogP contribution in [0, 0.1) is 3.70 Å². The normalized spacial score (nSPS) is 12.4. The van der Waals surface area contributed by atoms with Crippen molar-refractivity contribution in [2.24, 2.45) is 5.73 Å². The van der Waals surface area contributed by atoms with Crippen molar-refractivity contribution in [3.05, 3.63) is 21.5 Å². The molecule has 1 aromatic rings. The first-order valence-electron chi connectivity index (χ1n) is 3.83. The smallest absolute Gasteiger partial charge is 0.320 e. The molecule has 1 rings (SSSR count). The average molecular weight is 308 g/mol. The summed E-state index contributed by atoms with van der Waals surface area (Å²) >= 11 is 1.86. The van der Waals surface area contributed by atoms with Gasteiger partial charge in [-0.2, -0.15) is 0 Å². The number of nitrogens with zero attached hydrogens (tertiary/aromatic N) is 1. The van der Waals surface area contributed by atoms with Crippen molar-refractivity contribution in [3.63, 3.8) is 0 Å². The highest BCUT2D eigenvalue weighted by atomic mass is 127. The Morgan fingerprint density at radius 3 is 2.79 bits per heavy atom. The molecule has 0 spiro atoms. The zero-order valence-electron chi connectivity index (χ0n) is 7.14. The summed E-state index contributed by atoms with van der Waals surface area (Å²) in [6, 6.07) is 2.07. The number of aliphatic carboxylic acids is 1. The molecule has 6 heteroatoms. The first kappa shape index (κ1) is 11.2. The van der Waals surface area contributed by atoms with E-state index in [-0.39, 0.29) is 12.2 Å². The van der Waals surface area contributed by atoms with Crippen LogP contribution < -0.4 is 5.73 Å². The van der Waals surface area contributed by atoms with Crippen LogP contribution in [0.25, 0.3) is 0 Å². The number of nitrogens with two attached hydrogens (primary N) is 1. The maximum Gasteiger partial charge on any atom is 0.320 e. The molecule has 76 valence electrons. The zero-order valence-corrected chi connectivity index (χ0v) is 9.30. The van der Waals surface area contributed by atoms with Gasteiger partial charge in [0.05, 0.1) is 0 Å². The number of halogens is 1. The minimum Gasteiger partial charge on any atom is -0.505 e. The molecule has 0 aliphatic carbocycles. The lowest BCUT2D eigenvalue weighted by molar-refractivity contribution is -0.138. The summed E-state index contributed by atoms with van der Waals surface area (Å²) in [6.07, 6.45) is 0.158. The van der Waals surface area contributed by atoms with E-state index in [4.69, 9.17) is 15.9 Å². The fourth-order valence-electron chi connectivity index (χ4n) is 0.891. The summed E-state index contributed by atoms with van der Waals surface area (Å²) < 4.78 is 0.442. The molecule has 1 unspecified atom stereocenters. The van der Waals surface area contributed by atoms with Crippen molar-refractivity contribution in [1.29, 1.82) is 0 Å². The van der Waals surface area contributed by atoms with Gasteiger partial charge in [0.2, 0.25) is 0 Å². The Bertz CT molecular complexity index is 356. The molecule has 4 N–H and O–H groups in total. The number of aromatic nitrogens is 1. The maximum absolute atomic E-state index is 10.5. The van der Waals surface area contributed by atoms with Crippen molar-refractivity contribution in [2.75, 3.05) is 0 Å². The second-order valence-corrected chi connectivity index (χ2v) is 3.78. The Morgan fingerprint density at radius 1 is 1.64 bits per heavy atom. The van der Waals surface area contributed by atoms with E-state index >= 15 is 0 Å². The minimum atomic E-state index is -1.06. The highest BCUT2D eigenvalue weighted by molar-refractivity contribution is 14.1. The molecule has 0 saturated carbocycles. The third-order valence-electron chi connectivity index (χ3n) is 1.63. The van der Waals surface area contributed by atoms with Crippen LogP contribution in [-0.2, 0) is 11.2 Å². The molecule has 1 heterocycles. The van der Waals surface area contributed by atoms with E-state index in [9.17, 15) is 4.79 Å². The van der Waals surface area contributed by atoms with Crippen molar-refractivity contribution in [3.8, 4) is 5.75 Å². The molecule has 14 heavy (non-hydrogen) atoms. The van der Waals surface area contributed by atoms with Gasteiger partial charge in [-0.15, -0.1) is 0 Å². The van der Waals surface area contributed by atoms with Crippen molar-refractivity contribution in [2.45, 2.75) is 12.5 Å². The molecule has 1 aromatic heterocycles. The summed E-state index contributed by atoms with van der Waals surface area (Å²) in [5, 5.41) is 17.7. The van der Waals surface area contributed by atoms with Crippen LogP contribution in [0.5, 0.6) is 5.75 Å². The van der Waals surface area contributed by atoms with Gasteiger partial charge in [-0.1, -0.05) is 0 Å². The molecule has 5 nitrogen and oxygen atoms in total. The number of aromatic hydroxyl groups is 1. The second kappa shape index (κ2) is 4.56. The minimum absolute atomic E-state index is 0.0817. The van der Waals surface area contributed by atoms with Crippen LogP contribution in [-0.4, -0.2) is 27.2 Å². The van der Waals surface area contributed by atoms with E-state index in [1.807, 2.05) is 22.6 Å². The Hall–Kier alpha value is -0.890. The third kappa shape index (κ3) is 2.81. The van der Waals surface area contributed by atoms with E-state index < -0.39 is 12.0 Å². The fourth-order valence-corrected chi connectivity index (χ4v) is 1.38. The molecular formula is C8H9IN2O3. The number of rotatable bonds is 3. The molecule has 0 saturated heterocycles. The predicted octanol–water partition coefficient (Wildman–Crippen LogP) is 0.346. The van der Waals surface area contributed by atoms with Gasteiger partial charge in [-0.3, -0.25) is 4.79 Å². The molecule has 0 aromatic carbocycles. The number of carbonyl (C=O) groups is 1. The Balaban J connectivity index is 2.78. The maximum atomic E-state index is 10.5. The zero-order chi connectivity index (χ0) is 10.7. The summed E-state index contributed by atoms with van der Waals surface area (Å²) in [5.74, 6) is -0.979. The molecular weight excluding hydrogens is 299 g/mol. The Kier molecular flexibility index (Phi) is 3.64. The van der Waals surface area contributed by atoms with Gasteiger partial charge in [0.25, 0.3) is 0 Å². The number of hydrogen-bond donors (Lipinski definition) is 3. The van der Waals surface area contributed by atoms with Crippen LogP contribution in [0.3, 0.4) is 0 Å². The van der Waals surface area contributed by atoms with Gasteiger partial charge in [-0.05, 0) is 34.7 Å². The molecule has 0 aliphatic heterocycles. The molecule has 0 amide bonds. The van der Waals surface area contributed by atoms with Gasteiger partial charge in [-0.25, -0.2) is 4.98 Å². The Morgan fingerprint density at radius 2 is 2.29 bits per heavy atom. The molecule has 0 radical (unpaired) electrons. The lowest BCUT2D eigenvalue weighted by atomic mass is 10.1. The van der Waals surface area contributed by atoms with E-state index in [1.165, 1.54) is 6.07 Å². The van der Waals surface area contributed by atoms with Crippen molar-refractivity contribution in [1.82, 2.24) is 4.98 Å². The van der Waals surface area contributed by atoms with Gasteiger partial charge < -0.3 is 15.9 Å². The van der Waals surface area contributed by atoms with E-state index in [0.29, 0.717) is 9.39 Å². The number of pyridine rings is 1. The second-order valence-electron chi connectivity index (χ2n) is 2.76.